The van der Waals surface area contributed by atoms with Crippen LogP contribution in [0.4, 0.5) is 10.7 Å². The van der Waals surface area contributed by atoms with Gasteiger partial charge in [0.2, 0.25) is 11.9 Å². The second-order valence-electron chi connectivity index (χ2n) is 8.08. The van der Waals surface area contributed by atoms with E-state index in [0.717, 1.165) is 42.6 Å². The molecule has 2 saturated heterocycles. The minimum absolute atomic E-state index is 0.0230. The van der Waals surface area contributed by atoms with Crippen LogP contribution in [0.25, 0.3) is 5.69 Å². The summed E-state index contributed by atoms with van der Waals surface area (Å²) in [5, 5.41) is 12.7. The van der Waals surface area contributed by atoms with E-state index in [1.165, 1.54) is 18.2 Å². The molecule has 1 aromatic heterocycles. The molecule has 0 unspecified atom stereocenters. The van der Waals surface area contributed by atoms with E-state index in [1.807, 2.05) is 34.9 Å². The van der Waals surface area contributed by atoms with Crippen LogP contribution in [0.5, 0.6) is 0 Å². The number of amides is 4. The Kier molecular flexibility index (Phi) is 6.35. The van der Waals surface area contributed by atoms with E-state index in [2.05, 4.69) is 25.8 Å². The Balaban J connectivity index is 1.48. The highest BCUT2D eigenvalue weighted by Crippen LogP contribution is 2.28. The summed E-state index contributed by atoms with van der Waals surface area (Å²) in [5.74, 6) is -0.207. The molecule has 1 atom stereocenters. The van der Waals surface area contributed by atoms with Crippen molar-refractivity contribution in [1.82, 2.24) is 30.5 Å². The van der Waals surface area contributed by atoms with Gasteiger partial charge in [-0.3, -0.25) is 19.6 Å². The van der Waals surface area contributed by atoms with Gasteiger partial charge in [0.05, 0.1) is 11.4 Å². The SMILES string of the molecule is CC[C@@]1(C)NC(=O)N(NC(=O)CSc2nnc(N3CCCCC3)n2-c2ccccc2)C1=O. The van der Waals surface area contributed by atoms with Crippen LogP contribution in [0.1, 0.15) is 39.5 Å². The highest BCUT2D eigenvalue weighted by atomic mass is 32.2. The zero-order chi connectivity index (χ0) is 22.7. The highest BCUT2D eigenvalue weighted by Gasteiger charge is 2.47. The van der Waals surface area contributed by atoms with Gasteiger partial charge in [0.25, 0.3) is 5.91 Å². The van der Waals surface area contributed by atoms with Crippen molar-refractivity contribution in [3.05, 3.63) is 30.3 Å². The van der Waals surface area contributed by atoms with Crippen molar-refractivity contribution in [2.75, 3.05) is 23.7 Å². The smallest absolute Gasteiger partial charge is 0.341 e. The number of hydrogen-bond donors (Lipinski definition) is 2. The largest absolute Gasteiger partial charge is 0.344 e. The van der Waals surface area contributed by atoms with Crippen LogP contribution in [0, 0.1) is 0 Å². The van der Waals surface area contributed by atoms with E-state index in [0.29, 0.717) is 11.6 Å². The molecule has 2 aliphatic heterocycles. The number of rotatable bonds is 7. The number of benzene rings is 1. The van der Waals surface area contributed by atoms with Crippen LogP contribution in [0.2, 0.25) is 0 Å². The molecule has 2 fully saturated rings. The maximum atomic E-state index is 12.5. The van der Waals surface area contributed by atoms with Gasteiger partial charge >= 0.3 is 6.03 Å². The Morgan fingerprint density at radius 1 is 1.16 bits per heavy atom. The number of para-hydroxylation sites is 1. The van der Waals surface area contributed by atoms with Crippen molar-refractivity contribution in [3.8, 4) is 5.69 Å². The third kappa shape index (κ3) is 4.29. The van der Waals surface area contributed by atoms with Crippen LogP contribution < -0.4 is 15.6 Å². The van der Waals surface area contributed by atoms with Crippen LogP contribution in [-0.4, -0.2) is 62.0 Å². The number of anilines is 1. The Morgan fingerprint density at radius 2 is 1.88 bits per heavy atom. The summed E-state index contributed by atoms with van der Waals surface area (Å²) in [6.45, 7) is 5.27. The quantitative estimate of drug-likeness (QED) is 0.484. The number of thioether (sulfide) groups is 1. The average molecular weight is 458 g/mol. The normalized spacial score (nSPS) is 21.1. The lowest BCUT2D eigenvalue weighted by atomic mass is 10.00. The van der Waals surface area contributed by atoms with Crippen molar-refractivity contribution in [3.63, 3.8) is 0 Å². The van der Waals surface area contributed by atoms with Crippen LogP contribution >= 0.6 is 11.8 Å². The number of hydrogen-bond acceptors (Lipinski definition) is 7. The summed E-state index contributed by atoms with van der Waals surface area (Å²) >= 11 is 1.21. The monoisotopic (exact) mass is 457 g/mol. The molecular weight excluding hydrogens is 430 g/mol. The van der Waals surface area contributed by atoms with Gasteiger partial charge in [-0.15, -0.1) is 10.2 Å². The van der Waals surface area contributed by atoms with Crippen molar-refractivity contribution in [2.24, 2.45) is 0 Å². The molecule has 1 aromatic carbocycles. The summed E-state index contributed by atoms with van der Waals surface area (Å²) < 4.78 is 1.95. The highest BCUT2D eigenvalue weighted by molar-refractivity contribution is 7.99. The first-order valence-corrected chi connectivity index (χ1v) is 11.8. The number of urea groups is 1. The van der Waals surface area contributed by atoms with Gasteiger partial charge in [0, 0.05) is 13.1 Å². The molecule has 0 saturated carbocycles. The minimum atomic E-state index is -1.01. The molecule has 2 N–H and O–H groups in total. The maximum absolute atomic E-state index is 12.5. The number of nitrogens with one attached hydrogen (secondary N) is 2. The topological polar surface area (TPSA) is 112 Å². The molecule has 3 heterocycles. The second kappa shape index (κ2) is 9.19. The molecule has 11 heteroatoms. The molecule has 2 aliphatic rings. The van der Waals surface area contributed by atoms with E-state index < -0.39 is 23.4 Å². The van der Waals surface area contributed by atoms with Crippen molar-refractivity contribution in [2.45, 2.75) is 50.2 Å². The number of piperidine rings is 1. The van der Waals surface area contributed by atoms with Gasteiger partial charge in [-0.25, -0.2) is 4.79 Å². The lowest BCUT2D eigenvalue weighted by Crippen LogP contribution is -2.49. The van der Waals surface area contributed by atoms with Crippen molar-refractivity contribution < 1.29 is 14.4 Å². The van der Waals surface area contributed by atoms with E-state index in [1.54, 1.807) is 13.8 Å². The summed E-state index contributed by atoms with van der Waals surface area (Å²) in [6, 6.07) is 9.14. The van der Waals surface area contributed by atoms with Crippen molar-refractivity contribution >= 4 is 35.6 Å². The van der Waals surface area contributed by atoms with Gasteiger partial charge in [-0.2, -0.15) is 5.01 Å². The van der Waals surface area contributed by atoms with Crippen LogP contribution in [-0.2, 0) is 9.59 Å². The molecular formula is C21H27N7O3S. The van der Waals surface area contributed by atoms with Crippen LogP contribution in [0.3, 0.4) is 0 Å². The third-order valence-corrected chi connectivity index (χ3v) is 6.74. The van der Waals surface area contributed by atoms with Crippen LogP contribution in [0.15, 0.2) is 35.5 Å². The van der Waals surface area contributed by atoms with Gasteiger partial charge in [-0.05, 0) is 44.7 Å². The fraction of sp³-hybridized carbons (Fsp3) is 0.476. The number of nitrogens with zero attached hydrogens (tertiary/aromatic N) is 5. The molecule has 4 rings (SSSR count). The van der Waals surface area contributed by atoms with E-state index in [4.69, 9.17) is 0 Å². The molecule has 32 heavy (non-hydrogen) atoms. The molecule has 170 valence electrons. The summed E-state index contributed by atoms with van der Waals surface area (Å²) in [7, 11) is 0. The Morgan fingerprint density at radius 3 is 2.53 bits per heavy atom. The Hall–Kier alpha value is -3.08. The molecule has 0 spiro atoms. The number of aromatic nitrogens is 3. The Labute approximate surface area is 190 Å². The maximum Gasteiger partial charge on any atom is 0.344 e. The Bertz CT molecular complexity index is 1010. The van der Waals surface area contributed by atoms with E-state index in [9.17, 15) is 14.4 Å². The summed E-state index contributed by atoms with van der Waals surface area (Å²) in [4.78, 5) is 39.4. The fourth-order valence-corrected chi connectivity index (χ4v) is 4.51. The standard InChI is InChI=1S/C21H27N7O3S/c1-3-21(2)17(30)28(19(31)22-21)25-16(29)14-32-20-24-23-18(26-12-8-5-9-13-26)27(20)15-10-6-4-7-11-15/h4,6-7,10-11H,3,5,8-9,12-14H2,1-2H3,(H,22,31)(H,25,29)/t21-/m1/s1. The average Bonchev–Trinajstić information content (AvgIpc) is 3.34. The minimum Gasteiger partial charge on any atom is -0.341 e. The summed E-state index contributed by atoms with van der Waals surface area (Å²) in [6.07, 6.45) is 3.85. The first-order valence-electron chi connectivity index (χ1n) is 10.8. The first kappa shape index (κ1) is 22.1. The molecule has 10 nitrogen and oxygen atoms in total. The zero-order valence-electron chi connectivity index (χ0n) is 18.2. The third-order valence-electron chi connectivity index (χ3n) is 5.81. The van der Waals surface area contributed by atoms with Gasteiger partial charge < -0.3 is 10.2 Å². The molecule has 0 bridgehead atoms. The second-order valence-corrected chi connectivity index (χ2v) is 9.02. The lowest BCUT2D eigenvalue weighted by molar-refractivity contribution is -0.137. The molecule has 0 radical (unpaired) electrons. The summed E-state index contributed by atoms with van der Waals surface area (Å²) in [5.41, 5.74) is 2.32. The van der Waals surface area contributed by atoms with Gasteiger partial charge in [-0.1, -0.05) is 36.9 Å². The van der Waals surface area contributed by atoms with Gasteiger partial charge in [0.1, 0.15) is 5.54 Å². The molecule has 0 aliphatic carbocycles. The van der Waals surface area contributed by atoms with Crippen molar-refractivity contribution in [1.29, 1.82) is 0 Å². The molecule has 2 aromatic rings. The molecule has 4 amide bonds. The first-order chi connectivity index (χ1) is 15.4. The van der Waals surface area contributed by atoms with E-state index >= 15 is 0 Å². The lowest BCUT2D eigenvalue weighted by Gasteiger charge is -2.27. The zero-order valence-corrected chi connectivity index (χ0v) is 19.0. The number of carbonyl (C=O) groups excluding carboxylic acids is 3. The number of carbonyl (C=O) groups is 3. The fourth-order valence-electron chi connectivity index (χ4n) is 3.77. The number of hydrazine groups is 1. The van der Waals surface area contributed by atoms with Gasteiger partial charge in [0.15, 0.2) is 5.16 Å². The van der Waals surface area contributed by atoms with E-state index in [-0.39, 0.29) is 5.75 Å². The predicted octanol–water partition coefficient (Wildman–Crippen LogP) is 2.10. The predicted molar refractivity (Wildman–Crippen MR) is 120 cm³/mol. The number of imide groups is 1.